The van der Waals surface area contributed by atoms with E-state index in [1.165, 1.54) is 0 Å². The number of aliphatic hydroxyl groups is 12. The number of ether oxygens (including phenoxy) is 4. The molecule has 0 spiro atoms. The average Bonchev–Trinajstić information content (AvgIpc) is 3.42. The molecule has 0 radical (unpaired) electrons. The molecule has 0 aromatic rings. The largest absolute Gasteiger partial charge is 0.462 e. The highest BCUT2D eigenvalue weighted by Gasteiger charge is 2.50. The van der Waals surface area contributed by atoms with Crippen molar-refractivity contribution in [3.8, 4) is 0 Å². The molecule has 3 aliphatic heterocycles. The Labute approximate surface area is 465 Å². The summed E-state index contributed by atoms with van der Waals surface area (Å²) in [7, 11) is 0. The highest BCUT2D eigenvalue weighted by atomic mass is 16.7. The number of urea groups is 1. The minimum Gasteiger partial charge on any atom is -0.462 e. The second-order valence-electron chi connectivity index (χ2n) is 21.2. The topological polar surface area (TPSA) is 393 Å². The molecular weight excluding hydrogens is 1030 g/mol. The molecule has 3 heterocycles. The van der Waals surface area contributed by atoms with Gasteiger partial charge in [0.1, 0.15) is 12.2 Å². The van der Waals surface area contributed by atoms with Gasteiger partial charge in [-0.25, -0.2) is 4.79 Å². The number of carbonyl (C=O) groups is 2. The number of cyclic esters (lactones) is 1. The van der Waals surface area contributed by atoms with E-state index in [9.17, 15) is 70.9 Å². The number of aliphatic hydroxyl groups excluding tert-OH is 11. The zero-order valence-electron chi connectivity index (χ0n) is 46.3. The summed E-state index contributed by atoms with van der Waals surface area (Å²) < 4.78 is 24.4. The Hall–Kier alpha value is -3.80. The van der Waals surface area contributed by atoms with Gasteiger partial charge in [-0.15, -0.1) is 0 Å². The summed E-state index contributed by atoms with van der Waals surface area (Å²) >= 11 is 0. The summed E-state index contributed by atoms with van der Waals surface area (Å²) in [4.78, 5) is 27.9. The van der Waals surface area contributed by atoms with Crippen molar-refractivity contribution in [3.63, 3.8) is 0 Å². The molecule has 2 bridgehead atoms. The summed E-state index contributed by atoms with van der Waals surface area (Å²) in [6.07, 6.45) is 3.82. The van der Waals surface area contributed by atoms with Gasteiger partial charge >= 0.3 is 12.0 Å². The van der Waals surface area contributed by atoms with Gasteiger partial charge in [0, 0.05) is 44.1 Å². The molecule has 452 valence electrons. The zero-order valence-corrected chi connectivity index (χ0v) is 46.3. The van der Waals surface area contributed by atoms with Crippen LogP contribution in [-0.4, -0.2) is 227 Å². The van der Waals surface area contributed by atoms with Gasteiger partial charge in [-0.2, -0.15) is 0 Å². The van der Waals surface area contributed by atoms with Gasteiger partial charge in [0.2, 0.25) is 0 Å². The van der Waals surface area contributed by atoms with Crippen LogP contribution in [0.3, 0.4) is 0 Å². The highest BCUT2D eigenvalue weighted by molar-refractivity contribution is 5.74. The maximum atomic E-state index is 13.2. The summed E-state index contributed by atoms with van der Waals surface area (Å²) in [5, 5.41) is 137. The number of rotatable bonds is 13. The third-order valence-corrected chi connectivity index (χ3v) is 14.4. The molecule has 23 heteroatoms. The van der Waals surface area contributed by atoms with E-state index in [0.717, 1.165) is 0 Å². The highest BCUT2D eigenvalue weighted by Crippen LogP contribution is 2.36. The number of nitrogens with two attached hydrogens (primary N) is 2. The lowest BCUT2D eigenvalue weighted by Crippen LogP contribution is -2.65. The van der Waals surface area contributed by atoms with E-state index in [2.05, 4.69) is 10.6 Å². The summed E-state index contributed by atoms with van der Waals surface area (Å²) in [6.45, 7) is 7.38. The third-order valence-electron chi connectivity index (χ3n) is 14.4. The van der Waals surface area contributed by atoms with Gasteiger partial charge in [0.25, 0.3) is 0 Å². The molecule has 2 saturated heterocycles. The van der Waals surface area contributed by atoms with Gasteiger partial charge < -0.3 is 102 Å². The Morgan fingerprint density at radius 3 is 1.89 bits per heavy atom. The standard InChI is InChI=1S/C56H95N5O18/c1-35-19-15-13-11-9-7-5-6-8-10-12-14-16-20-43(78-54-53(73)50(52(72)38(4)77-54)61(25-17-23-57)26-18-24-58)30-47-49(60-55(74)59-33-42(66)34-62)46(69)32-56(75,79-47)31-41(65)28-45(68)44(67)22-21-39(63)27-40(64)29-48(70)76-37(3)36(2)51(35)71/h5-16,19-20,35-47,49-54,62-69,71-73,75H,17-18,21-34,57-58H2,1-4H3,(H2,59,60,74)/b6-5+,9-7+,10-8+,13-11+,14-12+,19-15+,20-16+/t35-,36-,37-,38+,39+,40+,41-,42-,43-,44+,45+,46-,47-,49+,50-,51+,52+,53-,54-,56+/m0/s1. The second-order valence-corrected chi connectivity index (χ2v) is 21.2. The number of nitrogens with zero attached hydrogens (tertiary/aromatic N) is 1. The molecule has 0 aromatic heterocycles. The maximum absolute atomic E-state index is 13.2. The first-order valence-electron chi connectivity index (χ1n) is 27.7. The van der Waals surface area contributed by atoms with Crippen molar-refractivity contribution in [2.45, 2.75) is 202 Å². The Morgan fingerprint density at radius 2 is 1.30 bits per heavy atom. The molecule has 0 unspecified atom stereocenters. The molecule has 3 rings (SSSR count). The van der Waals surface area contributed by atoms with Crippen LogP contribution in [-0.2, 0) is 23.7 Å². The van der Waals surface area contributed by atoms with E-state index in [1.54, 1.807) is 75.5 Å². The molecule has 2 fully saturated rings. The first kappa shape index (κ1) is 69.5. The first-order valence-corrected chi connectivity index (χ1v) is 27.7. The monoisotopic (exact) mass is 1130 g/mol. The fourth-order valence-electron chi connectivity index (χ4n) is 9.69. The van der Waals surface area contributed by atoms with E-state index in [1.807, 2.05) is 42.2 Å². The number of allylic oxidation sites excluding steroid dienone is 12. The van der Waals surface area contributed by atoms with E-state index in [0.29, 0.717) is 39.0 Å². The third kappa shape index (κ3) is 25.1. The van der Waals surface area contributed by atoms with E-state index in [-0.39, 0.29) is 38.1 Å². The van der Waals surface area contributed by atoms with Crippen molar-refractivity contribution >= 4 is 12.0 Å². The minimum absolute atomic E-state index is 0.121. The van der Waals surface area contributed by atoms with Crippen molar-refractivity contribution in [1.82, 2.24) is 15.5 Å². The Bertz CT molecular complexity index is 1950. The fourth-order valence-corrected chi connectivity index (χ4v) is 9.69. The quantitative estimate of drug-likeness (QED) is 0.0991. The normalized spacial score (nSPS) is 40.0. The van der Waals surface area contributed by atoms with E-state index < -0.39 is 160 Å². The van der Waals surface area contributed by atoms with Crippen LogP contribution in [0, 0.1) is 11.8 Å². The molecule has 0 aromatic carbocycles. The van der Waals surface area contributed by atoms with Crippen LogP contribution in [0.25, 0.3) is 0 Å². The van der Waals surface area contributed by atoms with Crippen molar-refractivity contribution < 1.29 is 89.8 Å². The molecular formula is C56H95N5O18. The van der Waals surface area contributed by atoms with Crippen molar-refractivity contribution in [2.75, 3.05) is 39.3 Å². The van der Waals surface area contributed by atoms with Gasteiger partial charge in [-0.3, -0.25) is 9.69 Å². The summed E-state index contributed by atoms with van der Waals surface area (Å²) in [5.74, 6) is -3.84. The predicted molar refractivity (Wildman–Crippen MR) is 294 cm³/mol. The maximum Gasteiger partial charge on any atom is 0.315 e. The number of nitrogens with one attached hydrogen (secondary N) is 2. The van der Waals surface area contributed by atoms with Crippen LogP contribution >= 0.6 is 0 Å². The van der Waals surface area contributed by atoms with Gasteiger partial charge in [-0.1, -0.05) is 98.9 Å². The van der Waals surface area contributed by atoms with Crippen molar-refractivity contribution in [3.05, 3.63) is 85.1 Å². The number of hydrogen-bond donors (Lipinski definition) is 16. The van der Waals surface area contributed by atoms with E-state index >= 15 is 0 Å². The Kier molecular flexibility index (Phi) is 32.2. The number of carbonyl (C=O) groups excluding carboxylic acids is 2. The van der Waals surface area contributed by atoms with Gasteiger partial charge in [0.05, 0.1) is 98.4 Å². The lowest BCUT2D eigenvalue weighted by molar-refractivity contribution is -0.307. The molecule has 79 heavy (non-hydrogen) atoms. The minimum atomic E-state index is -2.33. The lowest BCUT2D eigenvalue weighted by atomic mass is 9.87. The molecule has 0 saturated carbocycles. The van der Waals surface area contributed by atoms with Gasteiger partial charge in [-0.05, 0) is 72.1 Å². The fraction of sp³-hybridized carbons (Fsp3) is 0.714. The Morgan fingerprint density at radius 1 is 0.722 bits per heavy atom. The van der Waals surface area contributed by atoms with Crippen LogP contribution in [0.4, 0.5) is 4.79 Å². The molecule has 23 nitrogen and oxygen atoms in total. The predicted octanol–water partition coefficient (Wildman–Crippen LogP) is -0.927. The smallest absolute Gasteiger partial charge is 0.315 e. The van der Waals surface area contributed by atoms with Crippen LogP contribution in [0.5, 0.6) is 0 Å². The number of amides is 2. The van der Waals surface area contributed by atoms with Crippen molar-refractivity contribution in [1.29, 1.82) is 0 Å². The van der Waals surface area contributed by atoms with Crippen LogP contribution < -0.4 is 22.1 Å². The summed E-state index contributed by atoms with van der Waals surface area (Å²) in [6, 6.07) is -3.07. The first-order chi connectivity index (χ1) is 37.5. The molecule has 3 aliphatic rings. The van der Waals surface area contributed by atoms with Crippen molar-refractivity contribution in [2.24, 2.45) is 23.3 Å². The number of esters is 1. The molecule has 20 atom stereocenters. The lowest BCUT2D eigenvalue weighted by Gasteiger charge is -2.48. The Balaban J connectivity index is 2.02. The van der Waals surface area contributed by atoms with Crippen LogP contribution in [0.2, 0.25) is 0 Å². The van der Waals surface area contributed by atoms with Gasteiger partial charge in [0.15, 0.2) is 12.1 Å². The van der Waals surface area contributed by atoms with E-state index in [4.69, 9.17) is 30.4 Å². The number of hydrogen-bond acceptors (Lipinski definition) is 21. The zero-order chi connectivity index (χ0) is 58.7. The van der Waals surface area contributed by atoms with Crippen LogP contribution in [0.15, 0.2) is 85.1 Å². The summed E-state index contributed by atoms with van der Waals surface area (Å²) in [5.41, 5.74) is 11.7. The number of fused-ring (bicyclic) bond motifs is 2. The molecule has 0 aliphatic carbocycles. The van der Waals surface area contributed by atoms with Crippen LogP contribution in [0.1, 0.15) is 91.9 Å². The molecule has 18 N–H and O–H groups in total. The second kappa shape index (κ2) is 36.6. The molecule has 2 amide bonds. The average molecular weight is 1130 g/mol. The SMILES string of the molecule is C[C@@H]1[C@H](O)[C@@H](C)/C=C/C=C/C=C/C=C/C=C/C=C/C=C/[C@H](O[C@@H]2O[C@H](C)[C@@H](O)[C@H](N(CCCN)CCCN)[C@@H]2O)C[C@@H]2O[C@](O)(C[C@@H](O)C[C@@H](O)[C@H](O)CC[C@@H](O)C[C@@H](O)CC(=O)O[C@H]1C)C[C@H](O)[C@H]2NC(=O)NC[C@H](O)CO.